The highest BCUT2D eigenvalue weighted by Crippen LogP contribution is 2.10. The highest BCUT2D eigenvalue weighted by molar-refractivity contribution is 5.79. The molecule has 0 aromatic rings. The second-order valence-corrected chi connectivity index (χ2v) is 5.87. The summed E-state index contributed by atoms with van der Waals surface area (Å²) in [4.78, 5) is 6.70. The highest BCUT2D eigenvalue weighted by atomic mass is 16.5. The third-order valence-corrected chi connectivity index (χ3v) is 3.46. The normalized spacial score (nSPS) is 25.7. The third-order valence-electron chi connectivity index (χ3n) is 3.46. The molecule has 6 nitrogen and oxygen atoms in total. The number of nitrogens with one attached hydrogen (secondary N) is 2. The number of morpholine rings is 1. The summed E-state index contributed by atoms with van der Waals surface area (Å²) in [5, 5.41) is 6.65. The van der Waals surface area contributed by atoms with E-state index in [1.807, 2.05) is 0 Å². The Morgan fingerprint density at radius 2 is 2.05 bits per heavy atom. The van der Waals surface area contributed by atoms with Crippen LogP contribution in [0.15, 0.2) is 4.99 Å². The maximum atomic E-state index is 5.75. The van der Waals surface area contributed by atoms with E-state index in [0.29, 0.717) is 18.8 Å². The molecule has 0 spiro atoms. The summed E-state index contributed by atoms with van der Waals surface area (Å²) < 4.78 is 10.9. The van der Waals surface area contributed by atoms with Crippen LogP contribution in [0, 0.1) is 0 Å². The molecule has 1 aliphatic rings. The van der Waals surface area contributed by atoms with Crippen molar-refractivity contribution in [3.8, 4) is 0 Å². The zero-order valence-electron chi connectivity index (χ0n) is 14.2. The summed E-state index contributed by atoms with van der Waals surface area (Å²) in [7, 11) is 3.50. The van der Waals surface area contributed by atoms with E-state index < -0.39 is 0 Å². The van der Waals surface area contributed by atoms with Gasteiger partial charge in [0, 0.05) is 46.4 Å². The molecular formula is C15H32N4O2. The number of hydrogen-bond acceptors (Lipinski definition) is 4. The Bertz CT molecular complexity index is 302. The van der Waals surface area contributed by atoms with E-state index in [0.717, 1.165) is 38.6 Å². The number of ether oxygens (including phenoxy) is 2. The summed E-state index contributed by atoms with van der Waals surface area (Å²) in [6, 6.07) is 0.252. The van der Waals surface area contributed by atoms with E-state index >= 15 is 0 Å². The Kier molecular flexibility index (Phi) is 8.64. The van der Waals surface area contributed by atoms with Gasteiger partial charge in [-0.15, -0.1) is 0 Å². The maximum absolute atomic E-state index is 5.75. The van der Waals surface area contributed by atoms with Crippen LogP contribution in [0.1, 0.15) is 27.2 Å². The lowest BCUT2D eigenvalue weighted by Crippen LogP contribution is -2.47. The van der Waals surface area contributed by atoms with Gasteiger partial charge < -0.3 is 20.1 Å². The van der Waals surface area contributed by atoms with Gasteiger partial charge in [-0.3, -0.25) is 9.89 Å². The van der Waals surface area contributed by atoms with Crippen molar-refractivity contribution >= 4 is 5.96 Å². The summed E-state index contributed by atoms with van der Waals surface area (Å²) in [6.07, 6.45) is 1.77. The van der Waals surface area contributed by atoms with Crippen molar-refractivity contribution in [2.24, 2.45) is 4.99 Å². The van der Waals surface area contributed by atoms with Gasteiger partial charge in [0.1, 0.15) is 0 Å². The van der Waals surface area contributed by atoms with Gasteiger partial charge in [0.15, 0.2) is 5.96 Å². The number of nitrogens with zero attached hydrogens (tertiary/aromatic N) is 2. The van der Waals surface area contributed by atoms with E-state index in [4.69, 9.17) is 9.47 Å². The molecule has 2 N–H and O–H groups in total. The fraction of sp³-hybridized carbons (Fsp3) is 0.933. The summed E-state index contributed by atoms with van der Waals surface area (Å²) in [5.41, 5.74) is 0. The lowest BCUT2D eigenvalue weighted by Gasteiger charge is -2.35. The van der Waals surface area contributed by atoms with Crippen molar-refractivity contribution in [2.45, 2.75) is 45.4 Å². The second kappa shape index (κ2) is 9.97. The SMILES string of the molecule is CN=C(NCCCN1CC(C)OC(C)C1)NC(C)COC. The molecule has 1 fully saturated rings. The Morgan fingerprint density at radius 3 is 2.62 bits per heavy atom. The van der Waals surface area contributed by atoms with Gasteiger partial charge in [-0.1, -0.05) is 0 Å². The molecule has 0 amide bonds. The lowest BCUT2D eigenvalue weighted by atomic mass is 10.2. The predicted octanol–water partition coefficient (Wildman–Crippen LogP) is 0.686. The fourth-order valence-electron chi connectivity index (χ4n) is 2.70. The smallest absolute Gasteiger partial charge is 0.191 e. The Hall–Kier alpha value is -0.850. The quantitative estimate of drug-likeness (QED) is 0.411. The number of hydrogen-bond donors (Lipinski definition) is 2. The van der Waals surface area contributed by atoms with Gasteiger partial charge in [-0.2, -0.15) is 0 Å². The van der Waals surface area contributed by atoms with Crippen LogP contribution in [0.4, 0.5) is 0 Å². The third kappa shape index (κ3) is 7.64. The molecule has 6 heteroatoms. The molecule has 0 saturated carbocycles. The average Bonchev–Trinajstić information content (AvgIpc) is 2.41. The number of aliphatic imine (C=N–C) groups is 1. The number of guanidine groups is 1. The van der Waals surface area contributed by atoms with Crippen LogP contribution in [0.5, 0.6) is 0 Å². The van der Waals surface area contributed by atoms with Crippen molar-refractivity contribution in [1.82, 2.24) is 15.5 Å². The second-order valence-electron chi connectivity index (χ2n) is 5.87. The first-order chi connectivity index (χ1) is 10.0. The zero-order valence-corrected chi connectivity index (χ0v) is 14.2. The maximum Gasteiger partial charge on any atom is 0.191 e. The first kappa shape index (κ1) is 18.2. The van der Waals surface area contributed by atoms with Gasteiger partial charge in [-0.05, 0) is 27.2 Å². The minimum Gasteiger partial charge on any atom is -0.383 e. The molecule has 0 aliphatic carbocycles. The van der Waals surface area contributed by atoms with Crippen molar-refractivity contribution in [3.63, 3.8) is 0 Å². The Balaban J connectivity index is 2.17. The van der Waals surface area contributed by atoms with Crippen LogP contribution in [-0.2, 0) is 9.47 Å². The van der Waals surface area contributed by atoms with E-state index in [-0.39, 0.29) is 6.04 Å². The molecule has 0 aromatic carbocycles. The van der Waals surface area contributed by atoms with E-state index in [1.165, 1.54) is 0 Å². The monoisotopic (exact) mass is 300 g/mol. The van der Waals surface area contributed by atoms with E-state index in [2.05, 4.69) is 41.3 Å². The predicted molar refractivity (Wildman–Crippen MR) is 86.9 cm³/mol. The largest absolute Gasteiger partial charge is 0.383 e. The van der Waals surface area contributed by atoms with Crippen LogP contribution >= 0.6 is 0 Å². The molecule has 1 saturated heterocycles. The molecular weight excluding hydrogens is 268 g/mol. The van der Waals surface area contributed by atoms with Crippen molar-refractivity contribution in [2.75, 3.05) is 46.9 Å². The first-order valence-corrected chi connectivity index (χ1v) is 7.89. The summed E-state index contributed by atoms with van der Waals surface area (Å²) in [5.74, 6) is 0.836. The first-order valence-electron chi connectivity index (χ1n) is 7.89. The molecule has 1 aliphatic heterocycles. The van der Waals surface area contributed by atoms with Crippen molar-refractivity contribution < 1.29 is 9.47 Å². The minimum absolute atomic E-state index is 0.252. The van der Waals surface area contributed by atoms with Crippen LogP contribution < -0.4 is 10.6 Å². The lowest BCUT2D eigenvalue weighted by molar-refractivity contribution is -0.0679. The van der Waals surface area contributed by atoms with Crippen LogP contribution in [-0.4, -0.2) is 76.1 Å². The molecule has 0 radical (unpaired) electrons. The molecule has 124 valence electrons. The molecule has 0 bridgehead atoms. The number of methoxy groups -OCH3 is 1. The van der Waals surface area contributed by atoms with E-state index in [9.17, 15) is 0 Å². The molecule has 0 aromatic heterocycles. The molecule has 3 unspecified atom stereocenters. The average molecular weight is 300 g/mol. The van der Waals surface area contributed by atoms with Crippen molar-refractivity contribution in [1.29, 1.82) is 0 Å². The number of rotatable bonds is 7. The molecule has 1 heterocycles. The topological polar surface area (TPSA) is 58.1 Å². The van der Waals surface area contributed by atoms with Gasteiger partial charge >= 0.3 is 0 Å². The van der Waals surface area contributed by atoms with Crippen LogP contribution in [0.25, 0.3) is 0 Å². The Morgan fingerprint density at radius 1 is 1.38 bits per heavy atom. The summed E-state index contributed by atoms with van der Waals surface area (Å²) in [6.45, 7) is 11.1. The fourth-order valence-corrected chi connectivity index (χ4v) is 2.70. The highest BCUT2D eigenvalue weighted by Gasteiger charge is 2.21. The van der Waals surface area contributed by atoms with Gasteiger partial charge in [0.2, 0.25) is 0 Å². The van der Waals surface area contributed by atoms with Gasteiger partial charge in [-0.25, -0.2) is 0 Å². The van der Waals surface area contributed by atoms with Crippen molar-refractivity contribution in [3.05, 3.63) is 0 Å². The van der Waals surface area contributed by atoms with Gasteiger partial charge in [0.05, 0.1) is 18.8 Å². The van der Waals surface area contributed by atoms with E-state index in [1.54, 1.807) is 14.2 Å². The standard InChI is InChI=1S/C15H32N4O2/c1-12(11-20-5)18-15(16-4)17-7-6-8-19-9-13(2)21-14(3)10-19/h12-14H,6-11H2,1-5H3,(H2,16,17,18). The summed E-state index contributed by atoms with van der Waals surface area (Å²) >= 11 is 0. The molecule has 3 atom stereocenters. The molecule has 1 rings (SSSR count). The zero-order chi connectivity index (χ0) is 15.7. The van der Waals surface area contributed by atoms with Crippen LogP contribution in [0.3, 0.4) is 0 Å². The van der Waals surface area contributed by atoms with Gasteiger partial charge in [0.25, 0.3) is 0 Å². The van der Waals surface area contributed by atoms with Crippen LogP contribution in [0.2, 0.25) is 0 Å². The Labute approximate surface area is 129 Å². The minimum atomic E-state index is 0.252. The molecule has 21 heavy (non-hydrogen) atoms.